The van der Waals surface area contributed by atoms with Gasteiger partial charge in [-0.05, 0) is 47.2 Å². The van der Waals surface area contributed by atoms with Crippen LogP contribution in [0.1, 0.15) is 32.6 Å². The number of morpholine rings is 1. The minimum Gasteiger partial charge on any atom is -0.465 e. The molecule has 0 aliphatic carbocycles. The monoisotopic (exact) mass is 435 g/mol. The largest absolute Gasteiger partial charge is 0.465 e. The van der Waals surface area contributed by atoms with Gasteiger partial charge in [-0.15, -0.1) is 0 Å². The lowest BCUT2D eigenvalue weighted by atomic mass is 9.92. The summed E-state index contributed by atoms with van der Waals surface area (Å²) in [6.07, 6.45) is 0.620. The van der Waals surface area contributed by atoms with Crippen LogP contribution < -0.4 is 0 Å². The molecule has 0 spiro atoms. The molecule has 3 aliphatic heterocycles. The third-order valence-corrected chi connectivity index (χ3v) is 6.92. The third-order valence-electron chi connectivity index (χ3n) is 6.92. The maximum absolute atomic E-state index is 13.7. The average Bonchev–Trinajstić information content (AvgIpc) is 2.83. The van der Waals surface area contributed by atoms with E-state index in [0.29, 0.717) is 31.6 Å². The SMILES string of the molecule is O=C(O)N1CCc2ccc(C(=O)N3Cc4ccccc4C[C@H]3CN3CCOCC3)cc2C1. The fourth-order valence-corrected chi connectivity index (χ4v) is 5.09. The Bertz CT molecular complexity index is 1020. The molecule has 32 heavy (non-hydrogen) atoms. The molecular formula is C25H29N3O4. The van der Waals surface area contributed by atoms with E-state index >= 15 is 0 Å². The Morgan fingerprint density at radius 1 is 0.938 bits per heavy atom. The van der Waals surface area contributed by atoms with E-state index in [0.717, 1.165) is 50.4 Å². The molecule has 2 amide bonds. The number of rotatable bonds is 3. The molecule has 168 valence electrons. The molecule has 3 aliphatic rings. The first-order valence-corrected chi connectivity index (χ1v) is 11.4. The summed E-state index contributed by atoms with van der Waals surface area (Å²) in [5.74, 6) is 0.0213. The minimum atomic E-state index is -0.911. The first kappa shape index (κ1) is 21.0. The van der Waals surface area contributed by atoms with Crippen molar-refractivity contribution >= 4 is 12.0 Å². The van der Waals surface area contributed by atoms with E-state index in [9.17, 15) is 14.7 Å². The molecule has 1 fully saturated rings. The fourth-order valence-electron chi connectivity index (χ4n) is 5.09. The second-order valence-corrected chi connectivity index (χ2v) is 8.91. The zero-order valence-corrected chi connectivity index (χ0v) is 18.2. The molecule has 0 radical (unpaired) electrons. The van der Waals surface area contributed by atoms with Crippen molar-refractivity contribution in [3.05, 3.63) is 70.3 Å². The van der Waals surface area contributed by atoms with Crippen LogP contribution in [0.3, 0.4) is 0 Å². The van der Waals surface area contributed by atoms with E-state index in [-0.39, 0.29) is 11.9 Å². The van der Waals surface area contributed by atoms with Crippen LogP contribution in [-0.4, -0.2) is 77.2 Å². The molecule has 0 bridgehead atoms. The summed E-state index contributed by atoms with van der Waals surface area (Å²) in [6, 6.07) is 14.3. The average molecular weight is 436 g/mol. The molecule has 2 aromatic rings. The van der Waals surface area contributed by atoms with Crippen LogP contribution in [0.25, 0.3) is 0 Å². The molecule has 7 heteroatoms. The van der Waals surface area contributed by atoms with Gasteiger partial charge in [0.1, 0.15) is 0 Å². The lowest BCUT2D eigenvalue weighted by molar-refractivity contribution is 0.0193. The van der Waals surface area contributed by atoms with Gasteiger partial charge in [0.2, 0.25) is 0 Å². The highest BCUT2D eigenvalue weighted by molar-refractivity contribution is 5.95. The minimum absolute atomic E-state index is 0.0213. The van der Waals surface area contributed by atoms with E-state index in [1.165, 1.54) is 16.0 Å². The lowest BCUT2D eigenvalue weighted by Crippen LogP contribution is -2.52. The van der Waals surface area contributed by atoms with Gasteiger partial charge >= 0.3 is 6.09 Å². The number of fused-ring (bicyclic) bond motifs is 2. The van der Waals surface area contributed by atoms with Gasteiger partial charge in [0.15, 0.2) is 0 Å². The highest BCUT2D eigenvalue weighted by Crippen LogP contribution is 2.27. The molecule has 5 rings (SSSR count). The topological polar surface area (TPSA) is 73.3 Å². The number of nitrogens with zero attached hydrogens (tertiary/aromatic N) is 3. The van der Waals surface area contributed by atoms with Gasteiger partial charge < -0.3 is 19.6 Å². The predicted molar refractivity (Wildman–Crippen MR) is 120 cm³/mol. The Morgan fingerprint density at radius 3 is 2.50 bits per heavy atom. The van der Waals surface area contributed by atoms with Crippen molar-refractivity contribution in [3.63, 3.8) is 0 Å². The zero-order valence-electron chi connectivity index (χ0n) is 18.2. The van der Waals surface area contributed by atoms with Crippen molar-refractivity contribution in [1.29, 1.82) is 0 Å². The number of hydrogen-bond acceptors (Lipinski definition) is 4. The van der Waals surface area contributed by atoms with Crippen LogP contribution in [-0.2, 0) is 30.7 Å². The number of amides is 2. The van der Waals surface area contributed by atoms with Gasteiger partial charge in [-0.2, -0.15) is 0 Å². The molecule has 0 aromatic heterocycles. The predicted octanol–water partition coefficient (Wildman–Crippen LogP) is 2.62. The van der Waals surface area contributed by atoms with Crippen molar-refractivity contribution in [3.8, 4) is 0 Å². The van der Waals surface area contributed by atoms with Crippen molar-refractivity contribution in [2.75, 3.05) is 39.4 Å². The van der Waals surface area contributed by atoms with Crippen LogP contribution in [0.4, 0.5) is 4.79 Å². The van der Waals surface area contributed by atoms with Crippen LogP contribution in [0, 0.1) is 0 Å². The fraction of sp³-hybridized carbons (Fsp3) is 0.440. The molecule has 2 aromatic carbocycles. The number of carbonyl (C=O) groups is 2. The van der Waals surface area contributed by atoms with E-state index in [2.05, 4.69) is 23.1 Å². The van der Waals surface area contributed by atoms with E-state index in [4.69, 9.17) is 4.74 Å². The van der Waals surface area contributed by atoms with Crippen LogP contribution >= 0.6 is 0 Å². The Balaban J connectivity index is 1.41. The van der Waals surface area contributed by atoms with E-state index in [1.807, 2.05) is 29.2 Å². The van der Waals surface area contributed by atoms with Crippen molar-refractivity contribution in [2.24, 2.45) is 0 Å². The molecule has 3 heterocycles. The number of hydrogen-bond donors (Lipinski definition) is 1. The number of benzene rings is 2. The summed E-state index contributed by atoms with van der Waals surface area (Å²) >= 11 is 0. The van der Waals surface area contributed by atoms with Crippen molar-refractivity contribution < 1.29 is 19.4 Å². The zero-order chi connectivity index (χ0) is 22.1. The maximum atomic E-state index is 13.7. The molecule has 0 unspecified atom stereocenters. The van der Waals surface area contributed by atoms with Gasteiger partial charge in [0.25, 0.3) is 5.91 Å². The van der Waals surface area contributed by atoms with E-state index < -0.39 is 6.09 Å². The molecule has 7 nitrogen and oxygen atoms in total. The molecule has 1 saturated heterocycles. The number of carbonyl (C=O) groups excluding carboxylic acids is 1. The van der Waals surface area contributed by atoms with Crippen molar-refractivity contribution in [1.82, 2.24) is 14.7 Å². The van der Waals surface area contributed by atoms with Crippen molar-refractivity contribution in [2.45, 2.75) is 32.0 Å². The highest BCUT2D eigenvalue weighted by atomic mass is 16.5. The lowest BCUT2D eigenvalue weighted by Gasteiger charge is -2.40. The Hall–Kier alpha value is -2.90. The quantitative estimate of drug-likeness (QED) is 0.803. The first-order valence-electron chi connectivity index (χ1n) is 11.4. The van der Waals surface area contributed by atoms with Gasteiger partial charge in [-0.25, -0.2) is 4.79 Å². The summed E-state index contributed by atoms with van der Waals surface area (Å²) < 4.78 is 5.50. The van der Waals surface area contributed by atoms with Crippen LogP contribution in [0.15, 0.2) is 42.5 Å². The summed E-state index contributed by atoms with van der Waals surface area (Å²) in [7, 11) is 0. The van der Waals surface area contributed by atoms with Crippen LogP contribution in [0.5, 0.6) is 0 Å². The highest BCUT2D eigenvalue weighted by Gasteiger charge is 2.32. The van der Waals surface area contributed by atoms with E-state index in [1.54, 1.807) is 0 Å². The Kier molecular flexibility index (Phi) is 5.85. The van der Waals surface area contributed by atoms with Gasteiger partial charge in [-0.3, -0.25) is 9.69 Å². The molecule has 0 saturated carbocycles. The first-order chi connectivity index (χ1) is 15.6. The molecule has 1 N–H and O–H groups in total. The maximum Gasteiger partial charge on any atom is 0.407 e. The summed E-state index contributed by atoms with van der Waals surface area (Å²) in [5.41, 5.74) is 5.23. The summed E-state index contributed by atoms with van der Waals surface area (Å²) in [5, 5.41) is 9.37. The van der Waals surface area contributed by atoms with Gasteiger partial charge in [0.05, 0.1) is 13.2 Å². The summed E-state index contributed by atoms with van der Waals surface area (Å²) in [6.45, 7) is 5.54. The number of carboxylic acid groups (broad SMARTS) is 1. The standard InChI is InChI=1S/C25H29N3O4/c29-24(20-6-5-18-7-8-27(25(30)31)15-22(18)13-20)28-16-21-4-2-1-3-19(21)14-23(28)17-26-9-11-32-12-10-26/h1-6,13,23H,7-12,14-17H2,(H,30,31)/t23-/m0/s1. The smallest absolute Gasteiger partial charge is 0.407 e. The normalized spacial score (nSPS) is 21.1. The Labute approximate surface area is 188 Å². The second-order valence-electron chi connectivity index (χ2n) is 8.91. The molecule has 1 atom stereocenters. The van der Waals surface area contributed by atoms with Gasteiger partial charge in [-0.1, -0.05) is 30.3 Å². The van der Waals surface area contributed by atoms with Gasteiger partial charge in [0, 0.05) is 50.9 Å². The summed E-state index contributed by atoms with van der Waals surface area (Å²) in [4.78, 5) is 30.9. The number of ether oxygens (including phenoxy) is 1. The third kappa shape index (κ3) is 4.23. The Morgan fingerprint density at radius 2 is 1.72 bits per heavy atom. The second kappa shape index (κ2) is 8.92. The molecular weight excluding hydrogens is 406 g/mol. The van der Waals surface area contributed by atoms with Crippen LogP contribution in [0.2, 0.25) is 0 Å².